The predicted octanol–water partition coefficient (Wildman–Crippen LogP) is 3.77. The van der Waals surface area contributed by atoms with Crippen LogP contribution in [0.4, 0.5) is 0 Å². The van der Waals surface area contributed by atoms with Crippen LogP contribution in [0.15, 0.2) is 30.3 Å². The molecule has 0 amide bonds. The lowest BCUT2D eigenvalue weighted by atomic mass is 10.2. The molecule has 0 bridgehead atoms. The summed E-state index contributed by atoms with van der Waals surface area (Å²) in [4.78, 5) is 0. The van der Waals surface area contributed by atoms with Crippen LogP contribution in [-0.4, -0.2) is 13.2 Å². The summed E-state index contributed by atoms with van der Waals surface area (Å²) in [7, 11) is -1.69. The molecule has 0 unspecified atom stereocenters. The van der Waals surface area contributed by atoms with Crippen LogP contribution < -0.4 is 0 Å². The van der Waals surface area contributed by atoms with E-state index >= 15 is 0 Å². The van der Waals surface area contributed by atoms with Crippen LogP contribution >= 0.6 is 0 Å². The zero-order valence-electron chi connectivity index (χ0n) is 10.4. The molecule has 0 fully saturated rings. The van der Waals surface area contributed by atoms with Crippen molar-refractivity contribution < 1.29 is 5.11 Å². The molecule has 2 heteroatoms. The lowest BCUT2D eigenvalue weighted by molar-refractivity contribution is 0.243. The van der Waals surface area contributed by atoms with Gasteiger partial charge in [-0.1, -0.05) is 64.2 Å². The SMILES string of the molecule is CC(C)(C)[Si](C)(C)[C@@H](O)c1ccccc1. The molecule has 1 nitrogen and oxygen atoms in total. The Morgan fingerprint density at radius 3 is 1.93 bits per heavy atom. The molecule has 1 N–H and O–H groups in total. The summed E-state index contributed by atoms with van der Waals surface area (Å²) in [6.45, 7) is 11.2. The maximum absolute atomic E-state index is 10.4. The molecule has 0 radical (unpaired) electrons. The molecule has 0 spiro atoms. The minimum atomic E-state index is -1.69. The molecule has 1 atom stereocenters. The van der Waals surface area contributed by atoms with Gasteiger partial charge in [-0.05, 0) is 10.6 Å². The van der Waals surface area contributed by atoms with Gasteiger partial charge in [-0.2, -0.15) is 0 Å². The van der Waals surface area contributed by atoms with E-state index in [0.717, 1.165) is 5.56 Å². The van der Waals surface area contributed by atoms with Crippen LogP contribution in [0.2, 0.25) is 18.1 Å². The highest BCUT2D eigenvalue weighted by Crippen LogP contribution is 2.43. The predicted molar refractivity (Wildman–Crippen MR) is 68.6 cm³/mol. The molecule has 0 saturated carbocycles. The zero-order chi connectivity index (χ0) is 11.7. The summed E-state index contributed by atoms with van der Waals surface area (Å²) in [6.07, 6.45) is 0. The van der Waals surface area contributed by atoms with Crippen molar-refractivity contribution in [3.8, 4) is 0 Å². The Bertz CT molecular complexity index is 311. The number of aliphatic hydroxyl groups excluding tert-OH is 1. The van der Waals surface area contributed by atoms with Gasteiger partial charge in [0.25, 0.3) is 0 Å². The van der Waals surface area contributed by atoms with Gasteiger partial charge < -0.3 is 5.11 Å². The minimum absolute atomic E-state index is 0.211. The van der Waals surface area contributed by atoms with Crippen molar-refractivity contribution in [3.63, 3.8) is 0 Å². The van der Waals surface area contributed by atoms with Crippen LogP contribution in [0.25, 0.3) is 0 Å². The average molecular weight is 222 g/mol. The van der Waals surface area contributed by atoms with Crippen LogP contribution in [0, 0.1) is 0 Å². The highest BCUT2D eigenvalue weighted by Gasteiger charge is 2.42. The minimum Gasteiger partial charge on any atom is -0.392 e. The van der Waals surface area contributed by atoms with Gasteiger partial charge in [-0.25, -0.2) is 0 Å². The van der Waals surface area contributed by atoms with E-state index in [4.69, 9.17) is 0 Å². The van der Waals surface area contributed by atoms with E-state index in [0.29, 0.717) is 0 Å². The second kappa shape index (κ2) is 4.10. The number of rotatable bonds is 2. The van der Waals surface area contributed by atoms with Crippen molar-refractivity contribution in [2.24, 2.45) is 0 Å². The summed E-state index contributed by atoms with van der Waals surface area (Å²) in [5, 5.41) is 10.7. The Morgan fingerprint density at radius 2 is 1.53 bits per heavy atom. The number of hydrogen-bond donors (Lipinski definition) is 1. The van der Waals surface area contributed by atoms with E-state index in [1.807, 2.05) is 30.3 Å². The monoisotopic (exact) mass is 222 g/mol. The molecule has 1 rings (SSSR count). The molecule has 0 heterocycles. The van der Waals surface area contributed by atoms with Crippen LogP contribution in [-0.2, 0) is 0 Å². The van der Waals surface area contributed by atoms with Gasteiger partial charge in [0, 0.05) is 0 Å². The summed E-state index contributed by atoms with van der Waals surface area (Å²) in [5.74, 6) is 0. The maximum Gasteiger partial charge on any atom is 0.0922 e. The van der Waals surface area contributed by atoms with E-state index in [1.165, 1.54) is 0 Å². The fourth-order valence-electron chi connectivity index (χ4n) is 1.46. The maximum atomic E-state index is 10.4. The zero-order valence-corrected chi connectivity index (χ0v) is 11.4. The summed E-state index contributed by atoms with van der Waals surface area (Å²) >= 11 is 0. The second-order valence-corrected chi connectivity index (χ2v) is 11.3. The Morgan fingerprint density at radius 1 is 1.07 bits per heavy atom. The van der Waals surface area contributed by atoms with Gasteiger partial charge in [0.15, 0.2) is 0 Å². The van der Waals surface area contributed by atoms with E-state index in [2.05, 4.69) is 33.9 Å². The van der Waals surface area contributed by atoms with E-state index < -0.39 is 8.07 Å². The molecule has 15 heavy (non-hydrogen) atoms. The standard InChI is InChI=1S/C13H22OSi/c1-13(2,3)15(4,5)12(14)11-9-7-6-8-10-11/h6-10,12,14H,1-5H3/t12-/m1/s1. The van der Waals surface area contributed by atoms with Gasteiger partial charge in [-0.3, -0.25) is 0 Å². The highest BCUT2D eigenvalue weighted by atomic mass is 28.3. The first-order chi connectivity index (χ1) is 6.77. The molecule has 0 aromatic heterocycles. The van der Waals surface area contributed by atoms with Crippen LogP contribution in [0.5, 0.6) is 0 Å². The lowest BCUT2D eigenvalue weighted by Crippen LogP contribution is -2.44. The van der Waals surface area contributed by atoms with E-state index in [-0.39, 0.29) is 10.8 Å². The largest absolute Gasteiger partial charge is 0.392 e. The Balaban J connectivity index is 3.00. The van der Waals surface area contributed by atoms with Crippen molar-refractivity contribution in [2.75, 3.05) is 0 Å². The molecule has 0 aliphatic rings. The van der Waals surface area contributed by atoms with Gasteiger partial charge in [0.2, 0.25) is 0 Å². The molecule has 0 aliphatic carbocycles. The molecule has 1 aromatic carbocycles. The summed E-state index contributed by atoms with van der Waals surface area (Å²) in [5.41, 5.74) is 0.780. The molecule has 0 saturated heterocycles. The molecular formula is C13H22OSi. The first-order valence-electron chi connectivity index (χ1n) is 5.50. The van der Waals surface area contributed by atoms with Gasteiger partial charge >= 0.3 is 0 Å². The smallest absolute Gasteiger partial charge is 0.0922 e. The third-order valence-electron chi connectivity index (χ3n) is 3.73. The number of aliphatic hydroxyl groups is 1. The second-order valence-electron chi connectivity index (χ2n) is 5.78. The fourth-order valence-corrected chi connectivity index (χ4v) is 3.31. The number of hydrogen-bond acceptors (Lipinski definition) is 1. The molecular weight excluding hydrogens is 200 g/mol. The third-order valence-corrected chi connectivity index (χ3v) is 9.30. The van der Waals surface area contributed by atoms with Gasteiger partial charge in [0.05, 0.1) is 13.8 Å². The fraction of sp³-hybridized carbons (Fsp3) is 0.538. The Labute approximate surface area is 94.2 Å². The normalized spacial score (nSPS) is 15.1. The molecule has 0 aliphatic heterocycles. The first kappa shape index (κ1) is 12.5. The van der Waals surface area contributed by atoms with Crippen molar-refractivity contribution in [3.05, 3.63) is 35.9 Å². The van der Waals surface area contributed by atoms with Crippen molar-refractivity contribution in [1.29, 1.82) is 0 Å². The van der Waals surface area contributed by atoms with E-state index in [9.17, 15) is 5.11 Å². The Kier molecular flexibility index (Phi) is 3.41. The quantitative estimate of drug-likeness (QED) is 0.755. The van der Waals surface area contributed by atoms with Crippen LogP contribution in [0.1, 0.15) is 32.1 Å². The van der Waals surface area contributed by atoms with Crippen molar-refractivity contribution in [1.82, 2.24) is 0 Å². The molecule has 1 aromatic rings. The van der Waals surface area contributed by atoms with Gasteiger partial charge in [-0.15, -0.1) is 0 Å². The van der Waals surface area contributed by atoms with Crippen molar-refractivity contribution >= 4 is 8.07 Å². The third kappa shape index (κ3) is 2.50. The van der Waals surface area contributed by atoms with Crippen LogP contribution in [0.3, 0.4) is 0 Å². The van der Waals surface area contributed by atoms with Gasteiger partial charge in [0.1, 0.15) is 0 Å². The summed E-state index contributed by atoms with van der Waals surface area (Å²) < 4.78 is 0. The Hall–Kier alpha value is -0.603. The lowest BCUT2D eigenvalue weighted by Gasteiger charge is -2.40. The topological polar surface area (TPSA) is 20.2 Å². The molecule has 84 valence electrons. The highest BCUT2D eigenvalue weighted by molar-refractivity contribution is 6.81. The van der Waals surface area contributed by atoms with Crippen molar-refractivity contribution in [2.45, 2.75) is 44.6 Å². The van der Waals surface area contributed by atoms with E-state index in [1.54, 1.807) is 0 Å². The summed E-state index contributed by atoms with van der Waals surface area (Å²) in [6, 6.07) is 10.0. The first-order valence-corrected chi connectivity index (χ1v) is 8.57. The number of benzene rings is 1. The average Bonchev–Trinajstić information content (AvgIpc) is 2.16.